The summed E-state index contributed by atoms with van der Waals surface area (Å²) in [6.45, 7) is 2.02. The Morgan fingerprint density at radius 1 is 1.35 bits per heavy atom. The lowest BCUT2D eigenvalue weighted by molar-refractivity contribution is 0.0602. The molecule has 0 unspecified atom stereocenters. The lowest BCUT2D eigenvalue weighted by Crippen LogP contribution is -2.09. The van der Waals surface area contributed by atoms with E-state index in [9.17, 15) is 4.79 Å². The normalized spacial score (nSPS) is 10.6. The maximum absolute atomic E-state index is 12.1. The Labute approximate surface area is 164 Å². The van der Waals surface area contributed by atoms with E-state index in [1.807, 2.05) is 25.1 Å². The highest BCUT2D eigenvalue weighted by atomic mass is 79.9. The molecule has 0 saturated heterocycles. The van der Waals surface area contributed by atoms with Gasteiger partial charge < -0.3 is 10.1 Å². The van der Waals surface area contributed by atoms with Crippen LogP contribution in [0.4, 0.5) is 11.5 Å². The molecule has 2 aromatic heterocycles. The highest BCUT2D eigenvalue weighted by Crippen LogP contribution is 2.33. The summed E-state index contributed by atoms with van der Waals surface area (Å²) in [7, 11) is 1.33. The van der Waals surface area contributed by atoms with Crippen molar-refractivity contribution in [1.82, 2.24) is 14.8 Å². The minimum Gasteiger partial charge on any atom is -0.465 e. The molecule has 0 radical (unpaired) electrons. The molecule has 0 spiro atoms. The maximum atomic E-state index is 12.1. The molecule has 0 atom stereocenters. The van der Waals surface area contributed by atoms with Crippen LogP contribution < -0.4 is 5.32 Å². The van der Waals surface area contributed by atoms with Crippen molar-refractivity contribution in [1.29, 1.82) is 0 Å². The Bertz CT molecular complexity index is 944. The van der Waals surface area contributed by atoms with Crippen molar-refractivity contribution in [3.05, 3.63) is 63.3 Å². The number of carbonyl (C=O) groups excluding carboxylic acids is 1. The quantitative estimate of drug-likeness (QED) is 0.584. The lowest BCUT2D eigenvalue weighted by Gasteiger charge is -2.13. The number of rotatable bonds is 5. The van der Waals surface area contributed by atoms with Crippen molar-refractivity contribution in [3.8, 4) is 5.82 Å². The third-order valence-corrected chi connectivity index (χ3v) is 4.80. The number of benzene rings is 1. The number of methoxy groups -OCH3 is 1. The van der Waals surface area contributed by atoms with E-state index in [0.29, 0.717) is 27.9 Å². The minimum atomic E-state index is -0.481. The van der Waals surface area contributed by atoms with Crippen LogP contribution in [-0.2, 0) is 11.2 Å². The second kappa shape index (κ2) is 7.88. The van der Waals surface area contributed by atoms with Crippen LogP contribution >= 0.6 is 27.5 Å². The molecule has 3 aromatic rings. The summed E-state index contributed by atoms with van der Waals surface area (Å²) in [4.78, 5) is 16.5. The van der Waals surface area contributed by atoms with E-state index in [1.165, 1.54) is 7.11 Å². The van der Waals surface area contributed by atoms with Crippen LogP contribution in [0, 0.1) is 0 Å². The number of hydrogen-bond acceptors (Lipinski definition) is 5. The van der Waals surface area contributed by atoms with Gasteiger partial charge in [0.05, 0.1) is 28.5 Å². The molecule has 0 saturated carbocycles. The Morgan fingerprint density at radius 2 is 2.15 bits per heavy atom. The zero-order chi connectivity index (χ0) is 18.7. The number of ether oxygens (including phenoxy) is 1. The number of esters is 1. The molecule has 2 heterocycles. The van der Waals surface area contributed by atoms with Gasteiger partial charge in [0.25, 0.3) is 0 Å². The summed E-state index contributed by atoms with van der Waals surface area (Å²) < 4.78 is 7.35. The highest BCUT2D eigenvalue weighted by Gasteiger charge is 2.20. The summed E-state index contributed by atoms with van der Waals surface area (Å²) in [5.41, 5.74) is 1.76. The first-order chi connectivity index (χ1) is 12.5. The largest absolute Gasteiger partial charge is 0.465 e. The van der Waals surface area contributed by atoms with E-state index in [-0.39, 0.29) is 0 Å². The van der Waals surface area contributed by atoms with Crippen LogP contribution in [0.25, 0.3) is 5.82 Å². The molecule has 0 aliphatic carbocycles. The third-order valence-electron chi connectivity index (χ3n) is 3.73. The highest BCUT2D eigenvalue weighted by molar-refractivity contribution is 9.10. The molecule has 0 bridgehead atoms. The topological polar surface area (TPSA) is 69.0 Å². The van der Waals surface area contributed by atoms with Crippen molar-refractivity contribution >= 4 is 45.0 Å². The third kappa shape index (κ3) is 3.59. The van der Waals surface area contributed by atoms with Gasteiger partial charge >= 0.3 is 5.97 Å². The van der Waals surface area contributed by atoms with Crippen molar-refractivity contribution in [2.75, 3.05) is 12.4 Å². The molecule has 1 N–H and O–H groups in total. The molecule has 3 rings (SSSR count). The second-order valence-corrected chi connectivity index (χ2v) is 6.60. The summed E-state index contributed by atoms with van der Waals surface area (Å²) in [5.74, 6) is 0.836. The number of aryl methyl sites for hydroxylation is 1. The SMILES string of the molecule is CCc1nn(-c2ccccn2)c(Nc2ccc(Cl)cc2C(=O)OC)c1Br. The van der Waals surface area contributed by atoms with Crippen LogP contribution in [0.15, 0.2) is 47.1 Å². The number of carbonyl (C=O) groups is 1. The molecule has 1 aromatic carbocycles. The summed E-state index contributed by atoms with van der Waals surface area (Å²) in [6, 6.07) is 10.6. The van der Waals surface area contributed by atoms with Gasteiger partial charge in [-0.05, 0) is 52.7 Å². The van der Waals surface area contributed by atoms with Crippen LogP contribution in [-0.4, -0.2) is 27.8 Å². The van der Waals surface area contributed by atoms with E-state index in [4.69, 9.17) is 16.3 Å². The fraction of sp³-hybridized carbons (Fsp3) is 0.167. The molecule has 8 heteroatoms. The number of nitrogens with zero attached hydrogens (tertiary/aromatic N) is 3. The van der Waals surface area contributed by atoms with E-state index in [2.05, 4.69) is 31.3 Å². The van der Waals surface area contributed by atoms with Gasteiger partial charge in [0.2, 0.25) is 0 Å². The molecule has 26 heavy (non-hydrogen) atoms. The van der Waals surface area contributed by atoms with Crippen LogP contribution in [0.1, 0.15) is 23.0 Å². The van der Waals surface area contributed by atoms with Gasteiger partial charge in [0.1, 0.15) is 0 Å². The molecule has 134 valence electrons. The molecule has 0 aliphatic heterocycles. The predicted molar refractivity (Wildman–Crippen MR) is 105 cm³/mol. The molecular formula is C18H16BrClN4O2. The molecular weight excluding hydrogens is 420 g/mol. The number of aromatic nitrogens is 3. The minimum absolute atomic E-state index is 0.332. The Balaban J connectivity index is 2.11. The van der Waals surface area contributed by atoms with Crippen molar-refractivity contribution in [3.63, 3.8) is 0 Å². The van der Waals surface area contributed by atoms with E-state index >= 15 is 0 Å². The van der Waals surface area contributed by atoms with Gasteiger partial charge in [0.15, 0.2) is 11.6 Å². The summed E-state index contributed by atoms with van der Waals surface area (Å²) >= 11 is 9.63. The van der Waals surface area contributed by atoms with Gasteiger partial charge in [-0.3, -0.25) is 0 Å². The van der Waals surface area contributed by atoms with E-state index in [0.717, 1.165) is 16.6 Å². The van der Waals surface area contributed by atoms with Crippen molar-refractivity contribution in [2.24, 2.45) is 0 Å². The number of halogens is 2. The van der Waals surface area contributed by atoms with Crippen LogP contribution in [0.3, 0.4) is 0 Å². The van der Waals surface area contributed by atoms with Crippen LogP contribution in [0.5, 0.6) is 0 Å². The summed E-state index contributed by atoms with van der Waals surface area (Å²) in [5, 5.41) is 8.32. The fourth-order valence-corrected chi connectivity index (χ4v) is 3.25. The predicted octanol–water partition coefficient (Wildman–Crippen LogP) is 4.78. The molecule has 0 fully saturated rings. The average Bonchev–Trinajstić information content (AvgIpc) is 2.99. The van der Waals surface area contributed by atoms with Crippen LogP contribution in [0.2, 0.25) is 5.02 Å². The first-order valence-corrected chi connectivity index (χ1v) is 9.06. The monoisotopic (exact) mass is 434 g/mol. The van der Waals surface area contributed by atoms with Gasteiger partial charge in [-0.2, -0.15) is 9.78 Å². The maximum Gasteiger partial charge on any atom is 0.340 e. The van der Waals surface area contributed by atoms with Crippen molar-refractivity contribution < 1.29 is 9.53 Å². The summed E-state index contributed by atoms with van der Waals surface area (Å²) in [6.07, 6.45) is 2.43. The number of pyridine rings is 1. The second-order valence-electron chi connectivity index (χ2n) is 5.37. The van der Waals surface area contributed by atoms with Gasteiger partial charge in [-0.15, -0.1) is 0 Å². The zero-order valence-electron chi connectivity index (χ0n) is 14.2. The van der Waals surface area contributed by atoms with Gasteiger partial charge in [0, 0.05) is 11.2 Å². The number of anilines is 2. The average molecular weight is 436 g/mol. The van der Waals surface area contributed by atoms with E-state index < -0.39 is 5.97 Å². The van der Waals surface area contributed by atoms with E-state index in [1.54, 1.807) is 29.1 Å². The molecule has 0 amide bonds. The molecule has 6 nitrogen and oxygen atoms in total. The number of nitrogens with one attached hydrogen (secondary N) is 1. The Morgan fingerprint density at radius 3 is 2.81 bits per heavy atom. The van der Waals surface area contributed by atoms with Gasteiger partial charge in [-0.1, -0.05) is 24.6 Å². The Hall–Kier alpha value is -2.38. The zero-order valence-corrected chi connectivity index (χ0v) is 16.5. The standard InChI is InChI=1S/C18H16BrClN4O2/c1-3-13-16(19)17(24(23-13)15-6-4-5-9-21-15)22-14-8-7-11(20)10-12(14)18(25)26-2/h4-10,22H,3H2,1-2H3. The number of hydrogen-bond donors (Lipinski definition) is 1. The van der Waals surface area contributed by atoms with Crippen molar-refractivity contribution in [2.45, 2.75) is 13.3 Å². The Kier molecular flexibility index (Phi) is 5.58. The lowest BCUT2D eigenvalue weighted by atomic mass is 10.1. The molecule has 0 aliphatic rings. The fourth-order valence-electron chi connectivity index (χ4n) is 2.45. The first-order valence-electron chi connectivity index (χ1n) is 7.88. The van der Waals surface area contributed by atoms with Gasteiger partial charge in [-0.25, -0.2) is 9.78 Å². The first kappa shape index (κ1) is 18.4. The smallest absolute Gasteiger partial charge is 0.340 e.